The second-order valence-corrected chi connectivity index (χ2v) is 5.93. The molecular weight excluding hydrogens is 312 g/mol. The van der Waals surface area contributed by atoms with Crippen molar-refractivity contribution in [3.05, 3.63) is 35.9 Å². The molecule has 3 amide bonds. The molecule has 0 N–H and O–H groups in total. The van der Waals surface area contributed by atoms with E-state index in [4.69, 9.17) is 9.47 Å². The number of carbonyl (C=O) groups is 3. The summed E-state index contributed by atoms with van der Waals surface area (Å²) in [7, 11) is 0. The fourth-order valence-corrected chi connectivity index (χ4v) is 2.99. The lowest BCUT2D eigenvalue weighted by Crippen LogP contribution is -2.43. The van der Waals surface area contributed by atoms with Crippen LogP contribution >= 0.6 is 0 Å². The summed E-state index contributed by atoms with van der Waals surface area (Å²) in [6.45, 7) is 1.00. The van der Waals surface area contributed by atoms with Crippen LogP contribution in [-0.2, 0) is 20.7 Å². The van der Waals surface area contributed by atoms with Crippen molar-refractivity contribution in [2.75, 3.05) is 26.3 Å². The molecule has 1 atom stereocenters. The van der Waals surface area contributed by atoms with Gasteiger partial charge in [0.2, 0.25) is 0 Å². The minimum Gasteiger partial charge on any atom is -0.447 e. The van der Waals surface area contributed by atoms with E-state index in [1.54, 1.807) is 4.90 Å². The standard InChI is InChI=1S/C17H20N2O5/c20-15(12-24-16(21)18-8-4-5-9-18)19-14(11-23-17(19)22)10-13-6-2-1-3-7-13/h1-3,6-7,14H,4-5,8-12H2/t14-/m1/s1. The van der Waals surface area contributed by atoms with Crippen molar-refractivity contribution in [2.24, 2.45) is 0 Å². The third-order valence-electron chi connectivity index (χ3n) is 4.23. The van der Waals surface area contributed by atoms with E-state index in [0.717, 1.165) is 23.3 Å². The summed E-state index contributed by atoms with van der Waals surface area (Å²) in [6, 6.07) is 9.18. The zero-order chi connectivity index (χ0) is 16.9. The van der Waals surface area contributed by atoms with Gasteiger partial charge in [0.05, 0.1) is 6.04 Å². The zero-order valence-corrected chi connectivity index (χ0v) is 13.3. The normalized spacial score (nSPS) is 20.2. The Bertz CT molecular complexity index is 613. The predicted octanol–water partition coefficient (Wildman–Crippen LogP) is 1.81. The van der Waals surface area contributed by atoms with Gasteiger partial charge in [0.15, 0.2) is 6.61 Å². The molecule has 0 aromatic heterocycles. The molecule has 2 aliphatic heterocycles. The summed E-state index contributed by atoms with van der Waals surface area (Å²) >= 11 is 0. The van der Waals surface area contributed by atoms with E-state index >= 15 is 0 Å². The molecule has 1 aromatic carbocycles. The van der Waals surface area contributed by atoms with Crippen LogP contribution in [0.2, 0.25) is 0 Å². The molecule has 0 radical (unpaired) electrons. The van der Waals surface area contributed by atoms with E-state index < -0.39 is 24.7 Å². The number of benzene rings is 1. The molecule has 7 nitrogen and oxygen atoms in total. The SMILES string of the molecule is O=C(OCC(=O)N1C(=O)OC[C@H]1Cc1ccccc1)N1CCCC1. The Kier molecular flexibility index (Phi) is 4.98. The predicted molar refractivity (Wildman–Crippen MR) is 84.3 cm³/mol. The summed E-state index contributed by atoms with van der Waals surface area (Å²) < 4.78 is 10.0. The van der Waals surface area contributed by atoms with E-state index in [9.17, 15) is 14.4 Å². The Morgan fingerprint density at radius 3 is 2.58 bits per heavy atom. The van der Waals surface area contributed by atoms with Crippen molar-refractivity contribution >= 4 is 18.1 Å². The van der Waals surface area contributed by atoms with Crippen LogP contribution in [0.15, 0.2) is 30.3 Å². The maximum Gasteiger partial charge on any atom is 0.417 e. The van der Waals surface area contributed by atoms with Crippen LogP contribution in [0.4, 0.5) is 9.59 Å². The first kappa shape index (κ1) is 16.3. The lowest BCUT2D eigenvalue weighted by Gasteiger charge is -2.20. The van der Waals surface area contributed by atoms with Crippen LogP contribution in [0.25, 0.3) is 0 Å². The lowest BCUT2D eigenvalue weighted by atomic mass is 10.1. The molecule has 2 fully saturated rings. The van der Waals surface area contributed by atoms with Gasteiger partial charge in [-0.2, -0.15) is 0 Å². The molecule has 0 aliphatic carbocycles. The first-order valence-corrected chi connectivity index (χ1v) is 8.09. The fourth-order valence-electron chi connectivity index (χ4n) is 2.99. The van der Waals surface area contributed by atoms with Crippen molar-refractivity contribution in [2.45, 2.75) is 25.3 Å². The molecule has 128 valence electrons. The molecule has 1 aromatic rings. The van der Waals surface area contributed by atoms with Crippen molar-refractivity contribution < 1.29 is 23.9 Å². The van der Waals surface area contributed by atoms with Crippen LogP contribution in [0.5, 0.6) is 0 Å². The van der Waals surface area contributed by atoms with Crippen LogP contribution in [-0.4, -0.2) is 60.2 Å². The van der Waals surface area contributed by atoms with Gasteiger partial charge < -0.3 is 14.4 Å². The summed E-state index contributed by atoms with van der Waals surface area (Å²) in [4.78, 5) is 38.6. The van der Waals surface area contributed by atoms with E-state index in [1.165, 1.54) is 0 Å². The highest BCUT2D eigenvalue weighted by molar-refractivity contribution is 5.94. The molecule has 24 heavy (non-hydrogen) atoms. The average Bonchev–Trinajstić information content (AvgIpc) is 3.24. The molecule has 2 heterocycles. The number of ether oxygens (including phenoxy) is 2. The van der Waals surface area contributed by atoms with Gasteiger partial charge >= 0.3 is 12.2 Å². The molecule has 2 aliphatic rings. The second kappa shape index (κ2) is 7.33. The van der Waals surface area contributed by atoms with Crippen molar-refractivity contribution in [1.29, 1.82) is 0 Å². The number of carbonyl (C=O) groups excluding carboxylic acids is 3. The van der Waals surface area contributed by atoms with E-state index in [0.29, 0.717) is 19.5 Å². The van der Waals surface area contributed by atoms with E-state index in [2.05, 4.69) is 0 Å². The summed E-state index contributed by atoms with van der Waals surface area (Å²) in [5, 5.41) is 0. The number of hydrogen-bond acceptors (Lipinski definition) is 5. The largest absolute Gasteiger partial charge is 0.447 e. The number of rotatable bonds is 4. The molecule has 0 bridgehead atoms. The van der Waals surface area contributed by atoms with Gasteiger partial charge in [-0.15, -0.1) is 0 Å². The van der Waals surface area contributed by atoms with Crippen LogP contribution in [0.3, 0.4) is 0 Å². The first-order chi connectivity index (χ1) is 11.6. The zero-order valence-electron chi connectivity index (χ0n) is 13.3. The summed E-state index contributed by atoms with van der Waals surface area (Å²) in [5.41, 5.74) is 1.01. The highest BCUT2D eigenvalue weighted by Gasteiger charge is 2.38. The number of imide groups is 1. The molecule has 0 spiro atoms. The number of cyclic esters (lactones) is 1. The van der Waals surface area contributed by atoms with Gasteiger partial charge in [0, 0.05) is 13.1 Å². The Balaban J connectivity index is 1.57. The number of likely N-dealkylation sites (tertiary alicyclic amines) is 1. The molecule has 7 heteroatoms. The van der Waals surface area contributed by atoms with Gasteiger partial charge in [0.1, 0.15) is 6.61 Å². The topological polar surface area (TPSA) is 76.2 Å². The number of hydrogen-bond donors (Lipinski definition) is 0. The van der Waals surface area contributed by atoms with E-state index in [1.807, 2.05) is 30.3 Å². The highest BCUT2D eigenvalue weighted by Crippen LogP contribution is 2.18. The van der Waals surface area contributed by atoms with Crippen LogP contribution in [0, 0.1) is 0 Å². The lowest BCUT2D eigenvalue weighted by molar-refractivity contribution is -0.132. The van der Waals surface area contributed by atoms with Gasteiger partial charge in [-0.1, -0.05) is 30.3 Å². The van der Waals surface area contributed by atoms with Crippen molar-refractivity contribution in [1.82, 2.24) is 9.80 Å². The van der Waals surface area contributed by atoms with Gasteiger partial charge in [-0.05, 0) is 24.8 Å². The Morgan fingerprint density at radius 1 is 1.17 bits per heavy atom. The third-order valence-corrected chi connectivity index (χ3v) is 4.23. The summed E-state index contributed by atoms with van der Waals surface area (Å²) in [6.07, 6.45) is 1.21. The Labute approximate surface area is 140 Å². The van der Waals surface area contributed by atoms with Gasteiger partial charge in [-0.25, -0.2) is 14.5 Å². The molecule has 0 saturated carbocycles. The maximum absolute atomic E-state index is 12.3. The fraction of sp³-hybridized carbons (Fsp3) is 0.471. The van der Waals surface area contributed by atoms with E-state index in [-0.39, 0.29) is 12.6 Å². The smallest absolute Gasteiger partial charge is 0.417 e. The first-order valence-electron chi connectivity index (χ1n) is 8.09. The monoisotopic (exact) mass is 332 g/mol. The number of nitrogens with zero attached hydrogens (tertiary/aromatic N) is 2. The Hall–Kier alpha value is -2.57. The molecule has 3 rings (SSSR count). The quantitative estimate of drug-likeness (QED) is 0.840. The van der Waals surface area contributed by atoms with Crippen LogP contribution in [0.1, 0.15) is 18.4 Å². The van der Waals surface area contributed by atoms with Gasteiger partial charge in [-0.3, -0.25) is 4.79 Å². The second-order valence-electron chi connectivity index (χ2n) is 5.93. The summed E-state index contributed by atoms with van der Waals surface area (Å²) in [5.74, 6) is -0.550. The molecular formula is C17H20N2O5. The van der Waals surface area contributed by atoms with Crippen molar-refractivity contribution in [3.8, 4) is 0 Å². The maximum atomic E-state index is 12.3. The Morgan fingerprint density at radius 2 is 1.88 bits per heavy atom. The van der Waals surface area contributed by atoms with Crippen LogP contribution < -0.4 is 0 Å². The average molecular weight is 332 g/mol. The van der Waals surface area contributed by atoms with Gasteiger partial charge in [0.25, 0.3) is 5.91 Å². The number of amides is 3. The van der Waals surface area contributed by atoms with Crippen molar-refractivity contribution in [3.63, 3.8) is 0 Å². The molecule has 0 unspecified atom stereocenters. The molecule has 2 saturated heterocycles. The highest BCUT2D eigenvalue weighted by atomic mass is 16.6. The third kappa shape index (κ3) is 3.67. The minimum absolute atomic E-state index is 0.152. The minimum atomic E-state index is -0.682.